The van der Waals surface area contributed by atoms with E-state index in [-0.39, 0.29) is 0 Å². The average molecular weight is 234 g/mol. The van der Waals surface area contributed by atoms with Crippen molar-refractivity contribution < 1.29 is 4.42 Å². The van der Waals surface area contributed by atoms with E-state index in [0.29, 0.717) is 18.3 Å². The predicted molar refractivity (Wildman–Crippen MR) is 68.5 cm³/mol. The third kappa shape index (κ3) is 5.55. The lowest BCUT2D eigenvalue weighted by molar-refractivity contribution is 0.429. The summed E-state index contributed by atoms with van der Waals surface area (Å²) >= 11 is 0. The molecular weight excluding hydrogens is 212 g/mol. The molecule has 0 saturated carbocycles. The molecule has 1 heterocycles. The predicted octanol–water partition coefficient (Wildman–Crippen LogP) is 3.60. The highest BCUT2D eigenvalue weighted by Crippen LogP contribution is 2.08. The quantitative estimate of drug-likeness (QED) is 0.699. The van der Waals surface area contributed by atoms with Gasteiger partial charge < -0.3 is 9.73 Å². The Morgan fingerprint density at radius 2 is 2.18 bits per heavy atom. The Labute approximate surface area is 104 Å². The van der Waals surface area contributed by atoms with Crippen LogP contribution in [0, 0.1) is 11.3 Å². The number of nitrogens with one attached hydrogen (secondary N) is 1. The third-order valence-corrected chi connectivity index (χ3v) is 2.89. The molecule has 94 valence electrons. The van der Waals surface area contributed by atoms with E-state index in [1.165, 1.54) is 32.1 Å². The molecule has 1 unspecified atom stereocenters. The maximum atomic E-state index is 8.63. The van der Waals surface area contributed by atoms with Crippen LogP contribution in [-0.4, -0.2) is 6.04 Å². The van der Waals surface area contributed by atoms with Crippen LogP contribution in [0.25, 0.3) is 0 Å². The van der Waals surface area contributed by atoms with Gasteiger partial charge in [0.05, 0.1) is 6.54 Å². The van der Waals surface area contributed by atoms with Crippen molar-refractivity contribution in [3.05, 3.63) is 23.7 Å². The Morgan fingerprint density at radius 3 is 2.82 bits per heavy atom. The van der Waals surface area contributed by atoms with Gasteiger partial charge in [-0.3, -0.25) is 0 Å². The van der Waals surface area contributed by atoms with Crippen molar-refractivity contribution >= 4 is 0 Å². The molecule has 0 aliphatic rings. The topological polar surface area (TPSA) is 49.0 Å². The molecule has 1 aromatic rings. The first-order valence-electron chi connectivity index (χ1n) is 6.48. The zero-order valence-electron chi connectivity index (χ0n) is 10.8. The molecule has 3 heteroatoms. The van der Waals surface area contributed by atoms with Crippen LogP contribution in [-0.2, 0) is 6.54 Å². The molecule has 0 radical (unpaired) electrons. The van der Waals surface area contributed by atoms with Gasteiger partial charge in [-0.2, -0.15) is 5.26 Å². The van der Waals surface area contributed by atoms with Crippen molar-refractivity contribution in [3.63, 3.8) is 0 Å². The van der Waals surface area contributed by atoms with Crippen LogP contribution < -0.4 is 5.32 Å². The molecular formula is C14H22N2O. The highest BCUT2D eigenvalue weighted by molar-refractivity contribution is 5.18. The summed E-state index contributed by atoms with van der Waals surface area (Å²) in [6.45, 7) is 5.13. The summed E-state index contributed by atoms with van der Waals surface area (Å²) in [6, 6.07) is 6.06. The lowest BCUT2D eigenvalue weighted by atomic mass is 10.1. The van der Waals surface area contributed by atoms with E-state index in [9.17, 15) is 0 Å². The highest BCUT2D eigenvalue weighted by atomic mass is 16.3. The van der Waals surface area contributed by atoms with Crippen LogP contribution in [0.1, 0.15) is 57.5 Å². The van der Waals surface area contributed by atoms with Crippen LogP contribution in [0.15, 0.2) is 16.5 Å². The summed E-state index contributed by atoms with van der Waals surface area (Å²) in [6.07, 6.45) is 6.42. The van der Waals surface area contributed by atoms with Crippen LogP contribution in [0.4, 0.5) is 0 Å². The zero-order valence-corrected chi connectivity index (χ0v) is 10.8. The van der Waals surface area contributed by atoms with Crippen molar-refractivity contribution in [2.45, 2.75) is 58.5 Å². The number of nitrogens with zero attached hydrogens (tertiary/aromatic N) is 1. The van der Waals surface area contributed by atoms with E-state index in [1.807, 2.05) is 12.1 Å². The number of rotatable bonds is 8. The van der Waals surface area contributed by atoms with Crippen molar-refractivity contribution in [1.82, 2.24) is 5.32 Å². The molecule has 0 aliphatic heterocycles. The molecule has 0 fully saturated rings. The van der Waals surface area contributed by atoms with Crippen LogP contribution in [0.2, 0.25) is 0 Å². The van der Waals surface area contributed by atoms with Gasteiger partial charge in [0, 0.05) is 6.04 Å². The van der Waals surface area contributed by atoms with Gasteiger partial charge in [-0.15, -0.1) is 0 Å². The molecule has 1 N–H and O–H groups in total. The summed E-state index contributed by atoms with van der Waals surface area (Å²) in [5, 5.41) is 12.0. The fourth-order valence-corrected chi connectivity index (χ4v) is 1.79. The SMILES string of the molecule is CCCCCCC(C)NCc1ccc(C#N)o1. The number of furan rings is 1. The Morgan fingerprint density at radius 1 is 1.35 bits per heavy atom. The Balaban J connectivity index is 2.15. The van der Waals surface area contributed by atoms with Crippen LogP contribution in [0.5, 0.6) is 0 Å². The fourth-order valence-electron chi connectivity index (χ4n) is 1.79. The number of hydrogen-bond donors (Lipinski definition) is 1. The van der Waals surface area contributed by atoms with E-state index in [2.05, 4.69) is 19.2 Å². The summed E-state index contributed by atoms with van der Waals surface area (Å²) < 4.78 is 5.30. The minimum Gasteiger partial charge on any atom is -0.449 e. The van der Waals surface area contributed by atoms with Gasteiger partial charge in [0.25, 0.3) is 0 Å². The Bertz CT molecular complexity index is 351. The van der Waals surface area contributed by atoms with Crippen molar-refractivity contribution in [2.75, 3.05) is 0 Å². The van der Waals surface area contributed by atoms with Crippen molar-refractivity contribution in [1.29, 1.82) is 5.26 Å². The molecule has 0 bridgehead atoms. The summed E-state index contributed by atoms with van der Waals surface area (Å²) in [5.74, 6) is 1.22. The second-order valence-corrected chi connectivity index (χ2v) is 4.51. The number of nitriles is 1. The van der Waals surface area contributed by atoms with Gasteiger partial charge in [0.1, 0.15) is 11.8 Å². The first-order valence-corrected chi connectivity index (χ1v) is 6.48. The van der Waals surface area contributed by atoms with E-state index in [1.54, 1.807) is 6.07 Å². The second kappa shape index (κ2) is 7.92. The average Bonchev–Trinajstić information content (AvgIpc) is 2.80. The second-order valence-electron chi connectivity index (χ2n) is 4.51. The summed E-state index contributed by atoms with van der Waals surface area (Å²) in [5.41, 5.74) is 0. The van der Waals surface area contributed by atoms with E-state index in [4.69, 9.17) is 9.68 Å². The molecule has 0 amide bonds. The first-order chi connectivity index (χ1) is 8.26. The normalized spacial score (nSPS) is 12.3. The highest BCUT2D eigenvalue weighted by Gasteiger charge is 2.04. The minimum absolute atomic E-state index is 0.386. The summed E-state index contributed by atoms with van der Waals surface area (Å²) in [7, 11) is 0. The van der Waals surface area contributed by atoms with Crippen molar-refractivity contribution in [2.24, 2.45) is 0 Å². The van der Waals surface area contributed by atoms with Gasteiger partial charge in [0.15, 0.2) is 0 Å². The van der Waals surface area contributed by atoms with E-state index in [0.717, 1.165) is 5.76 Å². The minimum atomic E-state index is 0.386. The van der Waals surface area contributed by atoms with Gasteiger partial charge in [-0.1, -0.05) is 32.6 Å². The van der Waals surface area contributed by atoms with E-state index < -0.39 is 0 Å². The molecule has 3 nitrogen and oxygen atoms in total. The lowest BCUT2D eigenvalue weighted by Gasteiger charge is -2.12. The fraction of sp³-hybridized carbons (Fsp3) is 0.643. The standard InChI is InChI=1S/C14H22N2O/c1-3-4-5-6-7-12(2)16-11-14-9-8-13(10-15)17-14/h8-9,12,16H,3-7,11H2,1-2H3. The number of hydrogen-bond acceptors (Lipinski definition) is 3. The Hall–Kier alpha value is -1.27. The molecule has 1 atom stereocenters. The maximum absolute atomic E-state index is 8.63. The molecule has 1 rings (SSSR count). The molecule has 1 aromatic heterocycles. The molecule has 17 heavy (non-hydrogen) atoms. The summed E-state index contributed by atoms with van der Waals surface area (Å²) in [4.78, 5) is 0. The largest absolute Gasteiger partial charge is 0.449 e. The van der Waals surface area contributed by atoms with Gasteiger partial charge in [-0.25, -0.2) is 0 Å². The molecule has 0 saturated heterocycles. The van der Waals surface area contributed by atoms with Crippen molar-refractivity contribution in [3.8, 4) is 6.07 Å². The van der Waals surface area contributed by atoms with Gasteiger partial charge in [0.2, 0.25) is 5.76 Å². The third-order valence-electron chi connectivity index (χ3n) is 2.89. The molecule has 0 aliphatic carbocycles. The zero-order chi connectivity index (χ0) is 12.5. The number of unbranched alkanes of at least 4 members (excludes halogenated alkanes) is 3. The first kappa shape index (κ1) is 13.8. The monoisotopic (exact) mass is 234 g/mol. The van der Waals surface area contributed by atoms with Gasteiger partial charge in [-0.05, 0) is 25.5 Å². The molecule has 0 spiro atoms. The smallest absolute Gasteiger partial charge is 0.203 e. The van der Waals surface area contributed by atoms with Crippen LogP contribution >= 0.6 is 0 Å². The van der Waals surface area contributed by atoms with E-state index >= 15 is 0 Å². The van der Waals surface area contributed by atoms with Gasteiger partial charge >= 0.3 is 0 Å². The maximum Gasteiger partial charge on any atom is 0.203 e. The molecule has 0 aromatic carbocycles. The Kier molecular flexibility index (Phi) is 6.42. The lowest BCUT2D eigenvalue weighted by Crippen LogP contribution is -2.25. The van der Waals surface area contributed by atoms with Crippen LogP contribution in [0.3, 0.4) is 0 Å².